The molecule has 0 aliphatic heterocycles. The van der Waals surface area contributed by atoms with Gasteiger partial charge in [-0.3, -0.25) is 4.90 Å². The maximum Gasteiger partial charge on any atom is 0.123 e. The summed E-state index contributed by atoms with van der Waals surface area (Å²) in [5.74, 6) is 1.98. The van der Waals surface area contributed by atoms with Crippen molar-refractivity contribution in [2.75, 3.05) is 46.9 Å². The van der Waals surface area contributed by atoms with E-state index in [4.69, 9.17) is 9.47 Å². The molecule has 51 heavy (non-hydrogen) atoms. The van der Waals surface area contributed by atoms with Gasteiger partial charge >= 0.3 is 0 Å². The van der Waals surface area contributed by atoms with Crippen LogP contribution in [0.15, 0.2) is 72.8 Å². The van der Waals surface area contributed by atoms with Gasteiger partial charge in [-0.25, -0.2) is 0 Å². The molecule has 284 valence electrons. The SMILES string of the molecule is CCCCCCCCCN(CCCCCCNCc1ccc(CNCCCCCCNCc2ccccc2OC)cc1)Cc1ccccc1OC. The lowest BCUT2D eigenvalue weighted by Gasteiger charge is -2.23. The summed E-state index contributed by atoms with van der Waals surface area (Å²) in [4.78, 5) is 2.66. The van der Waals surface area contributed by atoms with Crippen molar-refractivity contribution < 1.29 is 9.47 Å². The molecule has 3 aromatic rings. The predicted octanol–water partition coefficient (Wildman–Crippen LogP) is 10.0. The number of hydrogen-bond acceptors (Lipinski definition) is 6. The Bertz CT molecular complexity index is 1250. The first-order valence-electron chi connectivity index (χ1n) is 20.4. The highest BCUT2D eigenvalue weighted by Crippen LogP contribution is 2.21. The number of ether oxygens (including phenoxy) is 2. The van der Waals surface area contributed by atoms with Crippen molar-refractivity contribution in [3.63, 3.8) is 0 Å². The van der Waals surface area contributed by atoms with E-state index in [-0.39, 0.29) is 0 Å². The summed E-state index contributed by atoms with van der Waals surface area (Å²) in [6.07, 6.45) is 19.6. The van der Waals surface area contributed by atoms with E-state index in [0.717, 1.165) is 57.3 Å². The molecule has 0 aliphatic rings. The zero-order valence-corrected chi connectivity index (χ0v) is 32.7. The fourth-order valence-corrected chi connectivity index (χ4v) is 6.74. The third-order valence-electron chi connectivity index (χ3n) is 9.89. The van der Waals surface area contributed by atoms with Crippen molar-refractivity contribution in [2.45, 2.75) is 129 Å². The highest BCUT2D eigenvalue weighted by Gasteiger charge is 2.10. The summed E-state index contributed by atoms with van der Waals surface area (Å²) in [6.45, 7) is 11.6. The summed E-state index contributed by atoms with van der Waals surface area (Å²) >= 11 is 0. The Morgan fingerprint density at radius 2 is 0.863 bits per heavy atom. The van der Waals surface area contributed by atoms with Gasteiger partial charge in [0.25, 0.3) is 0 Å². The summed E-state index contributed by atoms with van der Waals surface area (Å²) in [5.41, 5.74) is 5.27. The maximum absolute atomic E-state index is 5.66. The average molecular weight is 701 g/mol. The number of rotatable bonds is 32. The Labute approximate surface area is 312 Å². The Balaban J connectivity index is 1.17. The molecular weight excluding hydrogens is 629 g/mol. The van der Waals surface area contributed by atoms with E-state index in [2.05, 4.69) is 88.4 Å². The first kappa shape index (κ1) is 42.5. The number of unbranched alkanes of at least 4 members (excludes halogenated alkanes) is 12. The molecule has 0 bridgehead atoms. The zero-order chi connectivity index (χ0) is 36.0. The van der Waals surface area contributed by atoms with Crippen LogP contribution in [0.3, 0.4) is 0 Å². The first-order valence-corrected chi connectivity index (χ1v) is 20.4. The third-order valence-corrected chi connectivity index (χ3v) is 9.89. The molecule has 6 nitrogen and oxygen atoms in total. The van der Waals surface area contributed by atoms with Crippen LogP contribution in [-0.2, 0) is 26.2 Å². The van der Waals surface area contributed by atoms with Crippen LogP contribution in [0.2, 0.25) is 0 Å². The lowest BCUT2D eigenvalue weighted by atomic mass is 10.1. The third kappa shape index (κ3) is 19.5. The molecule has 0 aromatic heterocycles. The van der Waals surface area contributed by atoms with Crippen LogP contribution in [0.1, 0.15) is 125 Å². The molecule has 0 amide bonds. The molecule has 3 N–H and O–H groups in total. The number of hydrogen-bond donors (Lipinski definition) is 3. The minimum absolute atomic E-state index is 0.867. The molecule has 0 radical (unpaired) electrons. The second-order valence-electron chi connectivity index (χ2n) is 14.2. The minimum atomic E-state index is 0.867. The molecule has 0 atom stereocenters. The fourth-order valence-electron chi connectivity index (χ4n) is 6.74. The van der Waals surface area contributed by atoms with E-state index < -0.39 is 0 Å². The number of nitrogens with zero attached hydrogens (tertiary/aromatic N) is 1. The average Bonchev–Trinajstić information content (AvgIpc) is 3.16. The molecule has 3 aromatic carbocycles. The number of methoxy groups -OCH3 is 2. The van der Waals surface area contributed by atoms with Crippen molar-refractivity contribution in [1.29, 1.82) is 0 Å². The van der Waals surface area contributed by atoms with Gasteiger partial charge in [-0.05, 0) is 88.1 Å². The first-order chi connectivity index (χ1) is 25.2. The van der Waals surface area contributed by atoms with Crippen molar-refractivity contribution in [1.82, 2.24) is 20.9 Å². The van der Waals surface area contributed by atoms with Gasteiger partial charge in [0.05, 0.1) is 14.2 Å². The van der Waals surface area contributed by atoms with Crippen LogP contribution < -0.4 is 25.4 Å². The number of benzene rings is 3. The summed E-state index contributed by atoms with van der Waals surface area (Å²) in [6, 6.07) is 25.9. The maximum atomic E-state index is 5.66. The van der Waals surface area contributed by atoms with E-state index >= 15 is 0 Å². The van der Waals surface area contributed by atoms with Gasteiger partial charge in [-0.1, -0.05) is 132 Å². The van der Waals surface area contributed by atoms with E-state index in [1.807, 2.05) is 12.1 Å². The van der Waals surface area contributed by atoms with Gasteiger partial charge in [0.2, 0.25) is 0 Å². The van der Waals surface area contributed by atoms with Crippen LogP contribution in [-0.4, -0.2) is 51.8 Å². The van der Waals surface area contributed by atoms with Gasteiger partial charge in [0.1, 0.15) is 11.5 Å². The molecule has 0 saturated heterocycles. The molecule has 3 rings (SSSR count). The van der Waals surface area contributed by atoms with E-state index in [1.165, 1.54) is 132 Å². The number of nitrogens with one attached hydrogen (secondary N) is 3. The molecule has 0 aliphatic carbocycles. The summed E-state index contributed by atoms with van der Waals surface area (Å²) in [5, 5.41) is 10.8. The van der Waals surface area contributed by atoms with Crippen LogP contribution in [0.25, 0.3) is 0 Å². The largest absolute Gasteiger partial charge is 0.496 e. The smallest absolute Gasteiger partial charge is 0.123 e. The Hall–Kier alpha value is -2.90. The van der Waals surface area contributed by atoms with Gasteiger partial charge in [-0.2, -0.15) is 0 Å². The molecule has 6 heteroatoms. The molecule has 0 spiro atoms. The number of para-hydroxylation sites is 2. The monoisotopic (exact) mass is 701 g/mol. The van der Waals surface area contributed by atoms with Crippen molar-refractivity contribution >= 4 is 0 Å². The molecule has 0 heterocycles. The molecular formula is C45H72N4O2. The van der Waals surface area contributed by atoms with Crippen LogP contribution >= 0.6 is 0 Å². The highest BCUT2D eigenvalue weighted by molar-refractivity contribution is 5.33. The quantitative estimate of drug-likeness (QED) is 0.0564. The Kier molecular flexibility index (Phi) is 23.9. The van der Waals surface area contributed by atoms with Crippen LogP contribution in [0.5, 0.6) is 11.5 Å². The van der Waals surface area contributed by atoms with Gasteiger partial charge in [-0.15, -0.1) is 0 Å². The van der Waals surface area contributed by atoms with Crippen LogP contribution in [0, 0.1) is 0 Å². The van der Waals surface area contributed by atoms with Gasteiger partial charge in [0, 0.05) is 37.3 Å². The topological polar surface area (TPSA) is 57.8 Å². The van der Waals surface area contributed by atoms with Gasteiger partial charge < -0.3 is 25.4 Å². The Morgan fingerprint density at radius 3 is 1.37 bits per heavy atom. The summed E-state index contributed by atoms with van der Waals surface area (Å²) < 4.78 is 11.1. The second kappa shape index (κ2) is 28.7. The lowest BCUT2D eigenvalue weighted by Crippen LogP contribution is -2.26. The van der Waals surface area contributed by atoms with E-state index in [9.17, 15) is 0 Å². The van der Waals surface area contributed by atoms with Crippen molar-refractivity contribution in [2.24, 2.45) is 0 Å². The molecule has 0 unspecified atom stereocenters. The highest BCUT2D eigenvalue weighted by atomic mass is 16.5. The van der Waals surface area contributed by atoms with Crippen LogP contribution in [0.4, 0.5) is 0 Å². The van der Waals surface area contributed by atoms with E-state index in [0.29, 0.717) is 0 Å². The standard InChI is InChI=1S/C45H72N4O2/c1-4-5-6-7-8-12-21-34-49(39-43-24-15-17-26-45(43)51-3)35-22-13-11-20-32-47-37-41-29-27-40(28-30-41)36-46-31-18-9-10-19-33-48-38-42-23-14-16-25-44(42)50-2/h14-17,23-30,46-48H,4-13,18-22,31-39H2,1-3H3. The zero-order valence-electron chi connectivity index (χ0n) is 32.7. The lowest BCUT2D eigenvalue weighted by molar-refractivity contribution is 0.248. The normalized spacial score (nSPS) is 11.4. The molecule has 0 fully saturated rings. The Morgan fingerprint density at radius 1 is 0.451 bits per heavy atom. The predicted molar refractivity (Wildman–Crippen MR) is 218 cm³/mol. The van der Waals surface area contributed by atoms with Gasteiger partial charge in [0.15, 0.2) is 0 Å². The fraction of sp³-hybridized carbons (Fsp3) is 0.600. The van der Waals surface area contributed by atoms with Crippen molar-refractivity contribution in [3.05, 3.63) is 95.1 Å². The van der Waals surface area contributed by atoms with Crippen molar-refractivity contribution in [3.8, 4) is 11.5 Å². The minimum Gasteiger partial charge on any atom is -0.496 e. The second-order valence-corrected chi connectivity index (χ2v) is 14.2. The molecule has 0 saturated carbocycles. The summed E-state index contributed by atoms with van der Waals surface area (Å²) in [7, 11) is 3.53. The van der Waals surface area contributed by atoms with E-state index in [1.54, 1.807) is 14.2 Å².